The van der Waals surface area contributed by atoms with E-state index < -0.39 is 0 Å². The molecule has 2 saturated carbocycles. The van der Waals surface area contributed by atoms with E-state index in [9.17, 15) is 0 Å². The maximum absolute atomic E-state index is 2.63. The fraction of sp³-hybridized carbons (Fsp3) is 0.192. The summed E-state index contributed by atoms with van der Waals surface area (Å²) in [5.74, 6) is 2.07. The zero-order valence-electron chi connectivity index (χ0n) is 30.8. The quantitative estimate of drug-likeness (QED) is 0.174. The second-order valence-corrected chi connectivity index (χ2v) is 16.2. The lowest BCUT2D eigenvalue weighted by Crippen LogP contribution is -2.52. The molecule has 8 aromatic rings. The number of para-hydroxylation sites is 2. The van der Waals surface area contributed by atoms with Crippen LogP contribution in [0, 0.1) is 17.8 Å². The lowest BCUT2D eigenvalue weighted by Gasteiger charge is -2.57. The minimum absolute atomic E-state index is 0.0298. The standard InChI is InChI=1S/C52H44N2/c1-35-33-40-17-12-18-41(34-35)52(40)45-20-9-11-22-48(45)54-47-21-10-8-19-44(47)50-49(32-31-46(52)51(50)54)53(42-27-23-38(24-28-42)36-13-4-2-5-14-36)43-29-25-39(26-30-43)37-15-6-3-7-16-37/h2-11,13-16,19-32,35,40-41H,12,17-18,33-34H2,1H3/t35-,40-,41?,52?/m1/s1. The number of nitrogens with zero attached hydrogens (tertiary/aromatic N) is 2. The third kappa shape index (κ3) is 4.59. The molecule has 54 heavy (non-hydrogen) atoms. The number of hydrogen-bond donors (Lipinski definition) is 0. The summed E-state index contributed by atoms with van der Waals surface area (Å²) in [6.07, 6.45) is 6.59. The van der Waals surface area contributed by atoms with Crippen LogP contribution in [0.5, 0.6) is 0 Å². The first-order chi connectivity index (χ1) is 26.7. The van der Waals surface area contributed by atoms with Crippen molar-refractivity contribution in [2.24, 2.45) is 17.8 Å². The van der Waals surface area contributed by atoms with E-state index in [-0.39, 0.29) is 5.41 Å². The Labute approximate surface area is 318 Å². The summed E-state index contributed by atoms with van der Waals surface area (Å²) >= 11 is 0. The molecule has 0 saturated heterocycles. The molecule has 11 rings (SSSR count). The van der Waals surface area contributed by atoms with Crippen LogP contribution in [0.15, 0.2) is 170 Å². The molecular formula is C52H44N2. The molecule has 2 heteroatoms. The van der Waals surface area contributed by atoms with Crippen LogP contribution in [0.4, 0.5) is 17.1 Å². The van der Waals surface area contributed by atoms with Crippen LogP contribution in [-0.4, -0.2) is 4.57 Å². The van der Waals surface area contributed by atoms with Gasteiger partial charge >= 0.3 is 0 Å². The molecule has 2 bridgehead atoms. The van der Waals surface area contributed by atoms with Gasteiger partial charge in [-0.05, 0) is 119 Å². The Balaban J connectivity index is 1.19. The normalized spacial score (nSPS) is 21.3. The average molecular weight is 697 g/mol. The SMILES string of the molecule is C[C@H]1CC2CCC[C@H](C1)C21c2ccccc2-n2c3ccccc3c3c(N(c4ccc(-c5ccccc5)cc4)c4ccc(-c5ccccc5)cc4)ccc1c32. The maximum Gasteiger partial charge on any atom is 0.0603 e. The first kappa shape index (κ1) is 31.6. The number of benzene rings is 7. The van der Waals surface area contributed by atoms with Gasteiger partial charge in [-0.1, -0.05) is 141 Å². The van der Waals surface area contributed by atoms with Crippen molar-refractivity contribution in [1.29, 1.82) is 0 Å². The van der Waals surface area contributed by atoms with E-state index in [1.165, 1.54) is 87.5 Å². The largest absolute Gasteiger partial charge is 0.310 e. The molecular weight excluding hydrogens is 653 g/mol. The van der Waals surface area contributed by atoms with E-state index in [2.05, 4.69) is 186 Å². The zero-order valence-corrected chi connectivity index (χ0v) is 30.8. The van der Waals surface area contributed by atoms with Crippen LogP contribution in [0.25, 0.3) is 49.7 Å². The number of fused-ring (bicyclic) bond motifs is 5. The highest BCUT2D eigenvalue weighted by Crippen LogP contribution is 2.64. The van der Waals surface area contributed by atoms with E-state index in [4.69, 9.17) is 0 Å². The molecule has 0 N–H and O–H groups in total. The molecule has 0 radical (unpaired) electrons. The van der Waals surface area contributed by atoms with Crippen molar-refractivity contribution < 1.29 is 0 Å². The van der Waals surface area contributed by atoms with Crippen LogP contribution >= 0.6 is 0 Å². The number of aromatic nitrogens is 1. The van der Waals surface area contributed by atoms with Crippen molar-refractivity contribution in [3.63, 3.8) is 0 Å². The predicted molar refractivity (Wildman–Crippen MR) is 226 cm³/mol. The highest BCUT2D eigenvalue weighted by Gasteiger charge is 2.56. The average Bonchev–Trinajstić information content (AvgIpc) is 3.58. The van der Waals surface area contributed by atoms with Gasteiger partial charge in [-0.15, -0.1) is 0 Å². The second-order valence-electron chi connectivity index (χ2n) is 16.2. The van der Waals surface area contributed by atoms with Gasteiger partial charge in [-0.2, -0.15) is 0 Å². The van der Waals surface area contributed by atoms with Gasteiger partial charge in [0.2, 0.25) is 0 Å². The van der Waals surface area contributed by atoms with Crippen LogP contribution in [0.3, 0.4) is 0 Å². The summed E-state index contributed by atoms with van der Waals surface area (Å²) in [5.41, 5.74) is 15.7. The van der Waals surface area contributed by atoms with Gasteiger partial charge in [0.05, 0.1) is 22.4 Å². The van der Waals surface area contributed by atoms with Crippen LogP contribution in [-0.2, 0) is 5.41 Å². The minimum atomic E-state index is 0.0298. The third-order valence-corrected chi connectivity index (χ3v) is 13.3. The molecule has 262 valence electrons. The minimum Gasteiger partial charge on any atom is -0.310 e. The molecule has 0 amide bonds. The first-order valence-corrected chi connectivity index (χ1v) is 20.0. The summed E-state index contributed by atoms with van der Waals surface area (Å²) in [4.78, 5) is 2.51. The summed E-state index contributed by atoms with van der Waals surface area (Å²) in [7, 11) is 0. The number of anilines is 3. The Morgan fingerprint density at radius 1 is 0.519 bits per heavy atom. The Hall–Kier alpha value is -5.86. The molecule has 2 unspecified atom stereocenters. The van der Waals surface area contributed by atoms with Gasteiger partial charge < -0.3 is 9.47 Å². The molecule has 2 aliphatic carbocycles. The molecule has 4 atom stereocenters. The van der Waals surface area contributed by atoms with Crippen molar-refractivity contribution >= 4 is 38.9 Å². The molecule has 1 aliphatic heterocycles. The van der Waals surface area contributed by atoms with Crippen molar-refractivity contribution in [1.82, 2.24) is 4.57 Å². The van der Waals surface area contributed by atoms with Gasteiger partial charge in [0, 0.05) is 27.6 Å². The van der Waals surface area contributed by atoms with Gasteiger partial charge in [0.25, 0.3) is 0 Å². The summed E-state index contributed by atoms with van der Waals surface area (Å²) in [6, 6.07) is 63.4. The van der Waals surface area contributed by atoms with E-state index in [0.717, 1.165) is 17.3 Å². The monoisotopic (exact) mass is 696 g/mol. The van der Waals surface area contributed by atoms with Crippen LogP contribution in [0.2, 0.25) is 0 Å². The molecule has 1 spiro atoms. The topological polar surface area (TPSA) is 8.17 Å². The maximum atomic E-state index is 2.63. The Kier molecular flexibility index (Phi) is 7.24. The van der Waals surface area contributed by atoms with Crippen molar-refractivity contribution in [2.75, 3.05) is 4.90 Å². The number of hydrogen-bond acceptors (Lipinski definition) is 1. The Morgan fingerprint density at radius 3 is 1.69 bits per heavy atom. The van der Waals surface area contributed by atoms with Crippen LogP contribution < -0.4 is 4.90 Å². The molecule has 7 aromatic carbocycles. The molecule has 2 fully saturated rings. The van der Waals surface area contributed by atoms with Crippen molar-refractivity contribution in [2.45, 2.75) is 44.4 Å². The second kappa shape index (κ2) is 12.4. The molecule has 2 heterocycles. The van der Waals surface area contributed by atoms with Gasteiger partial charge in [0.1, 0.15) is 0 Å². The summed E-state index contributed by atoms with van der Waals surface area (Å²) in [6.45, 7) is 2.51. The fourth-order valence-electron chi connectivity index (χ4n) is 11.3. The smallest absolute Gasteiger partial charge is 0.0603 e. The lowest BCUT2D eigenvalue weighted by molar-refractivity contribution is 0.0532. The van der Waals surface area contributed by atoms with Crippen molar-refractivity contribution in [3.8, 4) is 27.9 Å². The summed E-state index contributed by atoms with van der Waals surface area (Å²) in [5, 5.41) is 2.67. The Bertz CT molecular complexity index is 2550. The van der Waals surface area contributed by atoms with Gasteiger partial charge in [-0.25, -0.2) is 0 Å². The third-order valence-electron chi connectivity index (χ3n) is 13.3. The highest BCUT2D eigenvalue weighted by molar-refractivity contribution is 6.18. The lowest BCUT2D eigenvalue weighted by atomic mass is 9.47. The molecule has 1 aromatic heterocycles. The van der Waals surface area contributed by atoms with E-state index >= 15 is 0 Å². The fourth-order valence-corrected chi connectivity index (χ4v) is 11.3. The van der Waals surface area contributed by atoms with Crippen LogP contribution in [0.1, 0.15) is 50.2 Å². The molecule has 3 aliphatic rings. The van der Waals surface area contributed by atoms with Gasteiger partial charge in [0.15, 0.2) is 0 Å². The van der Waals surface area contributed by atoms with E-state index in [0.29, 0.717) is 11.8 Å². The first-order valence-electron chi connectivity index (χ1n) is 20.0. The van der Waals surface area contributed by atoms with E-state index in [1.807, 2.05) is 0 Å². The molecule has 2 nitrogen and oxygen atoms in total. The predicted octanol–water partition coefficient (Wildman–Crippen LogP) is 14.0. The van der Waals surface area contributed by atoms with Crippen molar-refractivity contribution in [3.05, 3.63) is 181 Å². The Morgan fingerprint density at radius 2 is 1.06 bits per heavy atom. The zero-order chi connectivity index (χ0) is 35.8. The summed E-state index contributed by atoms with van der Waals surface area (Å²) < 4.78 is 2.63. The highest BCUT2D eigenvalue weighted by atomic mass is 15.1. The van der Waals surface area contributed by atoms with Gasteiger partial charge in [-0.3, -0.25) is 0 Å². The van der Waals surface area contributed by atoms with E-state index in [1.54, 1.807) is 11.1 Å². The number of rotatable bonds is 5.